The summed E-state index contributed by atoms with van der Waals surface area (Å²) < 4.78 is 26.0. The van der Waals surface area contributed by atoms with Gasteiger partial charge >= 0.3 is 0 Å². The van der Waals surface area contributed by atoms with Crippen LogP contribution in [0.4, 0.5) is 11.4 Å². The molecule has 2 aromatic carbocycles. The van der Waals surface area contributed by atoms with Crippen molar-refractivity contribution in [3.63, 3.8) is 0 Å². The lowest BCUT2D eigenvalue weighted by Gasteiger charge is -2.21. The standard InChI is InChI=1S/C24H30N2O4S/c1-15(2)19-11-8-12-20(16(3)4)21(19)25-22(27)17-9-7-10-18(13-17)26-23(28)24(5,6)14-31(26,29)30/h7-13,15-16H,14H2,1-6H3,(H,25,27). The van der Waals surface area contributed by atoms with Crippen molar-refractivity contribution in [1.82, 2.24) is 0 Å². The molecule has 0 unspecified atom stereocenters. The van der Waals surface area contributed by atoms with Gasteiger partial charge in [0.25, 0.3) is 5.91 Å². The Morgan fingerprint density at radius 2 is 1.55 bits per heavy atom. The number of sulfonamides is 1. The van der Waals surface area contributed by atoms with E-state index in [9.17, 15) is 18.0 Å². The van der Waals surface area contributed by atoms with E-state index in [0.717, 1.165) is 21.1 Å². The van der Waals surface area contributed by atoms with Crippen molar-refractivity contribution in [2.45, 2.75) is 53.4 Å². The maximum Gasteiger partial charge on any atom is 0.255 e. The zero-order valence-electron chi connectivity index (χ0n) is 18.9. The van der Waals surface area contributed by atoms with Crippen LogP contribution in [-0.4, -0.2) is 26.0 Å². The molecule has 1 saturated heterocycles. The summed E-state index contributed by atoms with van der Waals surface area (Å²) in [4.78, 5) is 25.8. The molecule has 1 fully saturated rings. The summed E-state index contributed by atoms with van der Waals surface area (Å²) in [5.41, 5.74) is 2.33. The Kier molecular flexibility index (Phi) is 6.02. The number of nitrogens with zero attached hydrogens (tertiary/aromatic N) is 1. The van der Waals surface area contributed by atoms with E-state index >= 15 is 0 Å². The predicted molar refractivity (Wildman–Crippen MR) is 124 cm³/mol. The number of carbonyl (C=O) groups is 2. The highest BCUT2D eigenvalue weighted by Gasteiger charge is 2.50. The average Bonchev–Trinajstić information content (AvgIpc) is 2.83. The lowest BCUT2D eigenvalue weighted by atomic mass is 9.92. The second kappa shape index (κ2) is 8.11. The molecular weight excluding hydrogens is 412 g/mol. The molecule has 2 amide bonds. The number of nitrogens with one attached hydrogen (secondary N) is 1. The molecule has 1 N–H and O–H groups in total. The third-order valence-electron chi connectivity index (χ3n) is 5.54. The van der Waals surface area contributed by atoms with Crippen LogP contribution in [0, 0.1) is 5.41 Å². The highest BCUT2D eigenvalue weighted by atomic mass is 32.2. The van der Waals surface area contributed by atoms with E-state index in [0.29, 0.717) is 5.56 Å². The molecular formula is C24H30N2O4S. The highest BCUT2D eigenvalue weighted by Crippen LogP contribution is 2.36. The molecule has 0 spiro atoms. The Morgan fingerprint density at radius 1 is 1.00 bits per heavy atom. The number of rotatable bonds is 5. The molecule has 1 aliphatic rings. The van der Waals surface area contributed by atoms with Crippen LogP contribution in [0.25, 0.3) is 0 Å². The van der Waals surface area contributed by atoms with E-state index in [1.165, 1.54) is 12.1 Å². The maximum atomic E-state index is 13.1. The van der Waals surface area contributed by atoms with E-state index in [-0.39, 0.29) is 29.2 Å². The van der Waals surface area contributed by atoms with Gasteiger partial charge in [-0.05, 0) is 55.0 Å². The van der Waals surface area contributed by atoms with Crippen LogP contribution in [0.1, 0.15) is 74.9 Å². The molecule has 0 aromatic heterocycles. The van der Waals surface area contributed by atoms with Crippen molar-refractivity contribution in [2.24, 2.45) is 5.41 Å². The van der Waals surface area contributed by atoms with Gasteiger partial charge < -0.3 is 5.32 Å². The zero-order valence-corrected chi connectivity index (χ0v) is 19.7. The van der Waals surface area contributed by atoms with Gasteiger partial charge in [0.05, 0.1) is 16.9 Å². The number of anilines is 2. The normalized spacial score (nSPS) is 17.4. The lowest BCUT2D eigenvalue weighted by Crippen LogP contribution is -2.33. The summed E-state index contributed by atoms with van der Waals surface area (Å²) >= 11 is 0. The fourth-order valence-electron chi connectivity index (χ4n) is 3.92. The fourth-order valence-corrected chi connectivity index (χ4v) is 6.02. The van der Waals surface area contributed by atoms with Crippen molar-refractivity contribution in [1.29, 1.82) is 0 Å². The molecule has 0 bridgehead atoms. The van der Waals surface area contributed by atoms with Gasteiger partial charge in [-0.2, -0.15) is 0 Å². The van der Waals surface area contributed by atoms with Crippen molar-refractivity contribution in [2.75, 3.05) is 15.4 Å². The van der Waals surface area contributed by atoms with E-state index in [1.54, 1.807) is 26.0 Å². The summed E-state index contributed by atoms with van der Waals surface area (Å²) in [7, 11) is -3.78. The van der Waals surface area contributed by atoms with Crippen LogP contribution in [0.3, 0.4) is 0 Å². The first-order valence-electron chi connectivity index (χ1n) is 10.5. The smallest absolute Gasteiger partial charge is 0.255 e. The SMILES string of the molecule is CC(C)c1cccc(C(C)C)c1NC(=O)c1cccc(N2C(=O)C(C)(C)CS2(=O)=O)c1. The largest absolute Gasteiger partial charge is 0.321 e. The summed E-state index contributed by atoms with van der Waals surface area (Å²) in [5, 5.41) is 3.03. The van der Waals surface area contributed by atoms with Crippen LogP contribution >= 0.6 is 0 Å². The van der Waals surface area contributed by atoms with Crippen LogP contribution in [0.5, 0.6) is 0 Å². The monoisotopic (exact) mass is 442 g/mol. The highest BCUT2D eigenvalue weighted by molar-refractivity contribution is 7.94. The zero-order chi connectivity index (χ0) is 23.1. The molecule has 0 aliphatic carbocycles. The summed E-state index contributed by atoms with van der Waals surface area (Å²) in [6.07, 6.45) is 0. The van der Waals surface area contributed by atoms with Gasteiger partial charge in [0, 0.05) is 11.3 Å². The van der Waals surface area contributed by atoms with Crippen molar-refractivity contribution in [3.05, 3.63) is 59.2 Å². The molecule has 6 nitrogen and oxygen atoms in total. The van der Waals surface area contributed by atoms with Gasteiger partial charge in [0.15, 0.2) is 0 Å². The molecule has 0 radical (unpaired) electrons. The van der Waals surface area contributed by atoms with Gasteiger partial charge in [-0.15, -0.1) is 0 Å². The Labute approximate surface area is 184 Å². The summed E-state index contributed by atoms with van der Waals surface area (Å²) in [6, 6.07) is 12.2. The van der Waals surface area contributed by atoms with Crippen LogP contribution in [-0.2, 0) is 14.8 Å². The molecule has 1 heterocycles. The molecule has 166 valence electrons. The lowest BCUT2D eigenvalue weighted by molar-refractivity contribution is -0.123. The Hall–Kier alpha value is -2.67. The minimum atomic E-state index is -3.78. The van der Waals surface area contributed by atoms with E-state index < -0.39 is 21.3 Å². The number of hydrogen-bond acceptors (Lipinski definition) is 4. The van der Waals surface area contributed by atoms with Gasteiger partial charge in [0.2, 0.25) is 15.9 Å². The topological polar surface area (TPSA) is 83.6 Å². The molecule has 7 heteroatoms. The predicted octanol–water partition coefficient (Wildman–Crippen LogP) is 4.89. The quantitative estimate of drug-likeness (QED) is 0.715. The minimum Gasteiger partial charge on any atom is -0.321 e. The van der Waals surface area contributed by atoms with E-state index in [1.807, 2.05) is 18.2 Å². The Balaban J connectivity index is 1.99. The van der Waals surface area contributed by atoms with Gasteiger partial charge in [0.1, 0.15) is 0 Å². The van der Waals surface area contributed by atoms with Crippen LogP contribution < -0.4 is 9.62 Å². The van der Waals surface area contributed by atoms with Gasteiger partial charge in [-0.1, -0.05) is 52.0 Å². The van der Waals surface area contributed by atoms with Crippen LogP contribution in [0.15, 0.2) is 42.5 Å². The number of benzene rings is 2. The van der Waals surface area contributed by atoms with Gasteiger partial charge in [-0.3, -0.25) is 9.59 Å². The molecule has 31 heavy (non-hydrogen) atoms. The number of hydrogen-bond donors (Lipinski definition) is 1. The average molecular weight is 443 g/mol. The molecule has 1 aliphatic heterocycles. The third kappa shape index (κ3) is 4.37. The fraction of sp³-hybridized carbons (Fsp3) is 0.417. The number of carbonyl (C=O) groups excluding carboxylic acids is 2. The van der Waals surface area contributed by atoms with Crippen molar-refractivity contribution < 1.29 is 18.0 Å². The summed E-state index contributed by atoms with van der Waals surface area (Å²) in [6.45, 7) is 11.5. The number of amides is 2. The summed E-state index contributed by atoms with van der Waals surface area (Å²) in [5.74, 6) is -0.656. The first-order chi connectivity index (χ1) is 14.3. The molecule has 0 atom stereocenters. The first-order valence-corrected chi connectivity index (χ1v) is 12.1. The Bertz CT molecular complexity index is 1110. The molecule has 3 rings (SSSR count). The number of para-hydroxylation sites is 1. The van der Waals surface area contributed by atoms with E-state index in [4.69, 9.17) is 0 Å². The Morgan fingerprint density at radius 3 is 2.03 bits per heavy atom. The van der Waals surface area contributed by atoms with Gasteiger partial charge in [-0.25, -0.2) is 12.7 Å². The van der Waals surface area contributed by atoms with E-state index in [2.05, 4.69) is 33.0 Å². The minimum absolute atomic E-state index is 0.185. The second-order valence-electron chi connectivity index (χ2n) is 9.33. The molecule has 2 aromatic rings. The maximum absolute atomic E-state index is 13.1. The van der Waals surface area contributed by atoms with Crippen LogP contribution in [0.2, 0.25) is 0 Å². The third-order valence-corrected chi connectivity index (χ3v) is 7.56. The molecule has 0 saturated carbocycles. The van der Waals surface area contributed by atoms with Crippen molar-refractivity contribution >= 4 is 33.2 Å². The second-order valence-corrected chi connectivity index (χ2v) is 11.2. The first kappa shape index (κ1) is 23.0. The van der Waals surface area contributed by atoms with Crippen molar-refractivity contribution in [3.8, 4) is 0 Å².